The first-order chi connectivity index (χ1) is 14.0. The Morgan fingerprint density at radius 1 is 1.10 bits per heavy atom. The number of hydrogen-bond acceptors (Lipinski definition) is 5. The number of nitrogens with zero attached hydrogens (tertiary/aromatic N) is 3. The van der Waals surface area contributed by atoms with Crippen molar-refractivity contribution in [3.63, 3.8) is 0 Å². The lowest BCUT2D eigenvalue weighted by Gasteiger charge is -2.39. The molecule has 6 nitrogen and oxygen atoms in total. The lowest BCUT2D eigenvalue weighted by molar-refractivity contribution is 0.102. The zero-order valence-corrected chi connectivity index (χ0v) is 16.2. The molecule has 0 radical (unpaired) electrons. The van der Waals surface area contributed by atoms with Crippen molar-refractivity contribution >= 4 is 17.4 Å². The molecule has 1 aliphatic rings. The maximum atomic E-state index is 13.4. The minimum atomic E-state index is -0.313. The molecule has 4 rings (SSSR count). The van der Waals surface area contributed by atoms with Gasteiger partial charge in [-0.2, -0.15) is 0 Å². The third-order valence-electron chi connectivity index (χ3n) is 4.80. The van der Waals surface area contributed by atoms with Crippen LogP contribution in [-0.4, -0.2) is 35.1 Å². The van der Waals surface area contributed by atoms with Crippen molar-refractivity contribution < 1.29 is 13.9 Å². The molecule has 0 saturated carbocycles. The number of anilines is 2. The van der Waals surface area contributed by atoms with E-state index in [4.69, 9.17) is 4.74 Å². The van der Waals surface area contributed by atoms with Gasteiger partial charge in [-0.1, -0.05) is 23.8 Å². The SMILES string of the molecule is Cc1ccc(NC(=O)c2cnc(N3CC(Oc4cc(F)ccc4C)C3)cn2)cc1. The van der Waals surface area contributed by atoms with Crippen molar-refractivity contribution in [2.75, 3.05) is 23.3 Å². The second-order valence-electron chi connectivity index (χ2n) is 7.13. The van der Waals surface area contributed by atoms with Crippen molar-refractivity contribution in [1.82, 2.24) is 9.97 Å². The van der Waals surface area contributed by atoms with Gasteiger partial charge in [0, 0.05) is 11.8 Å². The van der Waals surface area contributed by atoms with Crippen LogP contribution in [0.15, 0.2) is 54.9 Å². The minimum absolute atomic E-state index is 0.0400. The number of carbonyl (C=O) groups excluding carboxylic acids is 1. The van der Waals surface area contributed by atoms with Gasteiger partial charge in [-0.05, 0) is 37.6 Å². The van der Waals surface area contributed by atoms with E-state index in [1.54, 1.807) is 12.3 Å². The molecule has 2 aromatic carbocycles. The summed E-state index contributed by atoms with van der Waals surface area (Å²) in [4.78, 5) is 22.9. The van der Waals surface area contributed by atoms with Crippen LogP contribution in [0.2, 0.25) is 0 Å². The standard InChI is InChI=1S/C22H21FN4O2/c1-14-3-7-17(8-4-14)26-22(28)19-10-25-21(11-24-19)27-12-18(13-27)29-20-9-16(23)6-5-15(20)2/h3-11,18H,12-13H2,1-2H3,(H,26,28). The van der Waals surface area contributed by atoms with Crippen molar-refractivity contribution in [3.8, 4) is 5.75 Å². The Morgan fingerprint density at radius 2 is 1.86 bits per heavy atom. The third kappa shape index (κ3) is 4.34. The average molecular weight is 392 g/mol. The largest absolute Gasteiger partial charge is 0.486 e. The summed E-state index contributed by atoms with van der Waals surface area (Å²) in [5, 5.41) is 2.80. The number of carbonyl (C=O) groups is 1. The molecule has 148 valence electrons. The summed E-state index contributed by atoms with van der Waals surface area (Å²) in [6.07, 6.45) is 3.00. The molecular weight excluding hydrogens is 371 g/mol. The quantitative estimate of drug-likeness (QED) is 0.716. The van der Waals surface area contributed by atoms with Crippen LogP contribution in [0.3, 0.4) is 0 Å². The predicted molar refractivity (Wildman–Crippen MR) is 109 cm³/mol. The fourth-order valence-corrected chi connectivity index (χ4v) is 3.01. The number of nitrogens with one attached hydrogen (secondary N) is 1. The smallest absolute Gasteiger partial charge is 0.275 e. The summed E-state index contributed by atoms with van der Waals surface area (Å²) in [7, 11) is 0. The van der Waals surface area contributed by atoms with Crippen LogP contribution in [0.5, 0.6) is 5.75 Å². The van der Waals surface area contributed by atoms with Crippen molar-refractivity contribution in [2.24, 2.45) is 0 Å². The van der Waals surface area contributed by atoms with E-state index in [0.717, 1.165) is 11.1 Å². The van der Waals surface area contributed by atoms with E-state index < -0.39 is 0 Å². The molecule has 1 N–H and O–H groups in total. The number of aromatic nitrogens is 2. The van der Waals surface area contributed by atoms with Crippen molar-refractivity contribution in [1.29, 1.82) is 0 Å². The Balaban J connectivity index is 1.32. The highest BCUT2D eigenvalue weighted by molar-refractivity contribution is 6.02. The van der Waals surface area contributed by atoms with Crippen LogP contribution in [0, 0.1) is 19.7 Å². The van der Waals surface area contributed by atoms with Gasteiger partial charge in [0.1, 0.15) is 29.2 Å². The predicted octanol–water partition coefficient (Wildman–Crippen LogP) is 3.75. The normalized spacial score (nSPS) is 13.7. The molecule has 1 saturated heterocycles. The zero-order chi connectivity index (χ0) is 20.4. The van der Waals surface area contributed by atoms with Gasteiger partial charge < -0.3 is 15.0 Å². The van der Waals surface area contributed by atoms with E-state index in [-0.39, 0.29) is 23.5 Å². The van der Waals surface area contributed by atoms with Crippen LogP contribution < -0.4 is 15.0 Å². The Bertz CT molecular complexity index is 1020. The molecule has 0 bridgehead atoms. The number of benzene rings is 2. The molecule has 0 spiro atoms. The summed E-state index contributed by atoms with van der Waals surface area (Å²) in [6.45, 7) is 5.12. The van der Waals surface area contributed by atoms with Crippen LogP contribution >= 0.6 is 0 Å². The first-order valence-electron chi connectivity index (χ1n) is 9.36. The second kappa shape index (κ2) is 7.87. The van der Waals surface area contributed by atoms with Crippen molar-refractivity contribution in [3.05, 3.63) is 77.5 Å². The first-order valence-corrected chi connectivity index (χ1v) is 9.36. The van der Waals surface area contributed by atoms with Gasteiger partial charge in [-0.15, -0.1) is 0 Å². The van der Waals surface area contributed by atoms with E-state index in [2.05, 4.69) is 15.3 Å². The van der Waals surface area contributed by atoms with Gasteiger partial charge in [0.05, 0.1) is 25.5 Å². The van der Waals surface area contributed by atoms with Crippen LogP contribution in [0.1, 0.15) is 21.6 Å². The van der Waals surface area contributed by atoms with E-state index in [9.17, 15) is 9.18 Å². The fraction of sp³-hybridized carbons (Fsp3) is 0.227. The molecule has 29 heavy (non-hydrogen) atoms. The number of ether oxygens (including phenoxy) is 1. The molecule has 1 aliphatic heterocycles. The van der Waals surface area contributed by atoms with Crippen LogP contribution in [-0.2, 0) is 0 Å². The maximum absolute atomic E-state index is 13.4. The van der Waals surface area contributed by atoms with Gasteiger partial charge in [0.15, 0.2) is 0 Å². The monoisotopic (exact) mass is 392 g/mol. The number of aryl methyl sites for hydroxylation is 2. The van der Waals surface area contributed by atoms with Crippen molar-refractivity contribution in [2.45, 2.75) is 20.0 Å². The Morgan fingerprint density at radius 3 is 2.55 bits per heavy atom. The maximum Gasteiger partial charge on any atom is 0.275 e. The van der Waals surface area contributed by atoms with E-state index in [0.29, 0.717) is 30.3 Å². The fourth-order valence-electron chi connectivity index (χ4n) is 3.01. The van der Waals surface area contributed by atoms with E-state index in [1.807, 2.05) is 43.0 Å². The summed E-state index contributed by atoms with van der Waals surface area (Å²) in [5.74, 6) is 0.614. The number of rotatable bonds is 5. The summed E-state index contributed by atoms with van der Waals surface area (Å²) >= 11 is 0. The topological polar surface area (TPSA) is 67.4 Å². The van der Waals surface area contributed by atoms with Gasteiger partial charge in [0.25, 0.3) is 5.91 Å². The van der Waals surface area contributed by atoms with Crippen LogP contribution in [0.25, 0.3) is 0 Å². The second-order valence-corrected chi connectivity index (χ2v) is 7.13. The number of amides is 1. The average Bonchev–Trinajstić information content (AvgIpc) is 2.69. The number of halogens is 1. The molecule has 0 aliphatic carbocycles. The van der Waals surface area contributed by atoms with Gasteiger partial charge in [-0.25, -0.2) is 14.4 Å². The summed E-state index contributed by atoms with van der Waals surface area (Å²) < 4.78 is 19.2. The van der Waals surface area contributed by atoms with E-state index >= 15 is 0 Å². The zero-order valence-electron chi connectivity index (χ0n) is 16.2. The molecule has 3 aromatic rings. The summed E-state index contributed by atoms with van der Waals surface area (Å²) in [5.41, 5.74) is 2.98. The molecule has 0 unspecified atom stereocenters. The third-order valence-corrected chi connectivity index (χ3v) is 4.80. The molecule has 1 fully saturated rings. The molecule has 7 heteroatoms. The van der Waals surface area contributed by atoms with Crippen LogP contribution in [0.4, 0.5) is 15.9 Å². The highest BCUT2D eigenvalue weighted by Crippen LogP contribution is 2.25. The summed E-state index contributed by atoms with van der Waals surface area (Å²) in [6, 6.07) is 12.1. The molecule has 2 heterocycles. The van der Waals surface area contributed by atoms with E-state index in [1.165, 1.54) is 18.3 Å². The molecule has 0 atom stereocenters. The van der Waals surface area contributed by atoms with Gasteiger partial charge in [-0.3, -0.25) is 4.79 Å². The lowest BCUT2D eigenvalue weighted by atomic mass is 10.1. The highest BCUT2D eigenvalue weighted by Gasteiger charge is 2.30. The minimum Gasteiger partial charge on any atom is -0.486 e. The van der Waals surface area contributed by atoms with Gasteiger partial charge >= 0.3 is 0 Å². The Labute approximate surface area is 168 Å². The Hall–Kier alpha value is -3.48. The number of hydrogen-bond donors (Lipinski definition) is 1. The molecule has 1 amide bonds. The van der Waals surface area contributed by atoms with Gasteiger partial charge in [0.2, 0.25) is 0 Å². The Kier molecular flexibility index (Phi) is 5.12. The lowest BCUT2D eigenvalue weighted by Crippen LogP contribution is -2.54. The first kappa shape index (κ1) is 18.9. The highest BCUT2D eigenvalue weighted by atomic mass is 19.1. The molecule has 1 aromatic heterocycles. The molecular formula is C22H21FN4O2.